The highest BCUT2D eigenvalue weighted by Crippen LogP contribution is 2.28. The maximum atomic E-state index is 3.42. The van der Waals surface area contributed by atoms with Crippen molar-refractivity contribution in [1.82, 2.24) is 5.32 Å². The number of rotatable bonds is 2. The molecule has 2 aliphatic rings. The molecule has 0 radical (unpaired) electrons. The summed E-state index contributed by atoms with van der Waals surface area (Å²) >= 11 is 0. The van der Waals surface area contributed by atoms with Crippen LogP contribution < -0.4 is 10.2 Å². The second-order valence-corrected chi connectivity index (χ2v) is 5.86. The van der Waals surface area contributed by atoms with Crippen LogP contribution in [0.3, 0.4) is 0 Å². The van der Waals surface area contributed by atoms with Crippen molar-refractivity contribution in [2.75, 3.05) is 11.4 Å². The molecule has 20 heavy (non-hydrogen) atoms. The molecule has 0 atom stereocenters. The van der Waals surface area contributed by atoms with Crippen LogP contribution in [-0.2, 0) is 26.1 Å². The van der Waals surface area contributed by atoms with Crippen LogP contribution in [0.5, 0.6) is 0 Å². The molecule has 0 unspecified atom stereocenters. The Morgan fingerprint density at radius 2 is 1.85 bits per heavy atom. The Labute approximate surface area is 120 Å². The first-order valence-electron chi connectivity index (χ1n) is 7.54. The highest BCUT2D eigenvalue weighted by Gasteiger charge is 2.17. The largest absolute Gasteiger partial charge is 0.367 e. The lowest BCUT2D eigenvalue weighted by atomic mass is 10.0. The molecule has 0 aliphatic carbocycles. The van der Waals surface area contributed by atoms with E-state index in [0.717, 1.165) is 19.6 Å². The van der Waals surface area contributed by atoms with E-state index in [4.69, 9.17) is 0 Å². The first-order chi connectivity index (χ1) is 9.90. The van der Waals surface area contributed by atoms with E-state index in [1.165, 1.54) is 47.3 Å². The van der Waals surface area contributed by atoms with Crippen molar-refractivity contribution >= 4 is 5.69 Å². The van der Waals surface area contributed by atoms with Crippen LogP contribution in [0.1, 0.15) is 28.7 Å². The molecule has 2 aliphatic heterocycles. The third kappa shape index (κ3) is 2.10. The summed E-state index contributed by atoms with van der Waals surface area (Å²) < 4.78 is 0. The summed E-state index contributed by atoms with van der Waals surface area (Å²) in [7, 11) is 0. The number of para-hydroxylation sites is 1. The van der Waals surface area contributed by atoms with Crippen molar-refractivity contribution in [2.45, 2.75) is 32.5 Å². The monoisotopic (exact) mass is 264 g/mol. The van der Waals surface area contributed by atoms with Crippen LogP contribution in [0.2, 0.25) is 0 Å². The maximum Gasteiger partial charge on any atom is 0.0429 e. The van der Waals surface area contributed by atoms with Gasteiger partial charge in [-0.2, -0.15) is 0 Å². The van der Waals surface area contributed by atoms with Crippen molar-refractivity contribution in [1.29, 1.82) is 0 Å². The van der Waals surface area contributed by atoms with E-state index in [9.17, 15) is 0 Å². The summed E-state index contributed by atoms with van der Waals surface area (Å²) in [5.74, 6) is 0. The van der Waals surface area contributed by atoms with Crippen LogP contribution in [-0.4, -0.2) is 6.54 Å². The summed E-state index contributed by atoms with van der Waals surface area (Å²) in [6, 6.07) is 15.8. The Bertz CT molecular complexity index is 633. The smallest absolute Gasteiger partial charge is 0.0429 e. The van der Waals surface area contributed by atoms with Gasteiger partial charge in [-0.1, -0.05) is 36.4 Å². The van der Waals surface area contributed by atoms with Crippen LogP contribution in [0.4, 0.5) is 5.69 Å². The third-order valence-electron chi connectivity index (χ3n) is 4.48. The Morgan fingerprint density at radius 3 is 2.85 bits per heavy atom. The molecule has 0 spiro atoms. The zero-order valence-electron chi connectivity index (χ0n) is 11.7. The zero-order chi connectivity index (χ0) is 13.4. The van der Waals surface area contributed by atoms with Crippen molar-refractivity contribution in [3.63, 3.8) is 0 Å². The Hall–Kier alpha value is -1.80. The second-order valence-electron chi connectivity index (χ2n) is 5.86. The molecule has 0 saturated carbocycles. The SMILES string of the molecule is c1ccc2c(c1)CCCN2Cc1ccc2c(c1)CNC2. The van der Waals surface area contributed by atoms with Gasteiger partial charge in [0.25, 0.3) is 0 Å². The minimum Gasteiger partial charge on any atom is -0.367 e. The lowest BCUT2D eigenvalue weighted by Gasteiger charge is -2.31. The minimum atomic E-state index is 1.03. The topological polar surface area (TPSA) is 15.3 Å². The number of hydrogen-bond donors (Lipinski definition) is 1. The van der Waals surface area contributed by atoms with Gasteiger partial charge in [0.15, 0.2) is 0 Å². The fourth-order valence-electron chi connectivity index (χ4n) is 3.44. The summed E-state index contributed by atoms with van der Waals surface area (Å²) in [5.41, 5.74) is 7.31. The molecule has 2 nitrogen and oxygen atoms in total. The van der Waals surface area contributed by atoms with Gasteiger partial charge in [0, 0.05) is 31.9 Å². The van der Waals surface area contributed by atoms with Gasteiger partial charge in [-0.15, -0.1) is 0 Å². The Morgan fingerprint density at radius 1 is 0.950 bits per heavy atom. The number of aryl methyl sites for hydroxylation is 1. The molecular formula is C18H20N2. The van der Waals surface area contributed by atoms with E-state index in [-0.39, 0.29) is 0 Å². The van der Waals surface area contributed by atoms with Crippen LogP contribution in [0.15, 0.2) is 42.5 Å². The molecule has 2 aromatic rings. The lowest BCUT2D eigenvalue weighted by Crippen LogP contribution is -2.28. The summed E-state index contributed by atoms with van der Waals surface area (Å²) in [5, 5.41) is 3.42. The minimum absolute atomic E-state index is 1.03. The molecule has 4 rings (SSSR count). The first-order valence-corrected chi connectivity index (χ1v) is 7.54. The zero-order valence-corrected chi connectivity index (χ0v) is 11.7. The molecule has 2 aromatic carbocycles. The van der Waals surface area contributed by atoms with Gasteiger partial charge in [0.05, 0.1) is 0 Å². The second kappa shape index (κ2) is 4.95. The molecule has 0 saturated heterocycles. The van der Waals surface area contributed by atoms with Gasteiger partial charge in [0.1, 0.15) is 0 Å². The predicted octanol–water partition coefficient (Wildman–Crippen LogP) is 3.24. The molecule has 2 heteroatoms. The molecule has 0 fully saturated rings. The third-order valence-corrected chi connectivity index (χ3v) is 4.48. The van der Waals surface area contributed by atoms with E-state index in [1.807, 2.05) is 0 Å². The van der Waals surface area contributed by atoms with Crippen LogP contribution >= 0.6 is 0 Å². The van der Waals surface area contributed by atoms with Crippen molar-refractivity contribution in [3.05, 3.63) is 64.7 Å². The van der Waals surface area contributed by atoms with Crippen molar-refractivity contribution in [2.24, 2.45) is 0 Å². The highest BCUT2D eigenvalue weighted by atomic mass is 15.1. The Balaban J connectivity index is 1.61. The average molecular weight is 264 g/mol. The normalized spacial score (nSPS) is 16.9. The fraction of sp³-hybridized carbons (Fsp3) is 0.333. The summed E-state index contributed by atoms with van der Waals surface area (Å²) in [6.07, 6.45) is 2.49. The van der Waals surface area contributed by atoms with E-state index in [0.29, 0.717) is 0 Å². The van der Waals surface area contributed by atoms with Crippen LogP contribution in [0.25, 0.3) is 0 Å². The Kier molecular flexibility index (Phi) is 2.96. The highest BCUT2D eigenvalue weighted by molar-refractivity contribution is 5.55. The average Bonchev–Trinajstić information content (AvgIpc) is 2.95. The van der Waals surface area contributed by atoms with Gasteiger partial charge in [-0.25, -0.2) is 0 Å². The molecule has 0 aromatic heterocycles. The van der Waals surface area contributed by atoms with Crippen LogP contribution in [0, 0.1) is 0 Å². The molecule has 0 amide bonds. The first kappa shape index (κ1) is 12.0. The van der Waals surface area contributed by atoms with E-state index in [1.54, 1.807) is 0 Å². The van der Waals surface area contributed by atoms with E-state index >= 15 is 0 Å². The summed E-state index contributed by atoms with van der Waals surface area (Å²) in [6.45, 7) is 4.26. The van der Waals surface area contributed by atoms with Gasteiger partial charge in [0.2, 0.25) is 0 Å². The van der Waals surface area contributed by atoms with E-state index < -0.39 is 0 Å². The molecule has 102 valence electrons. The summed E-state index contributed by atoms with van der Waals surface area (Å²) in [4.78, 5) is 2.53. The van der Waals surface area contributed by atoms with E-state index in [2.05, 4.69) is 52.7 Å². The molecule has 0 bridgehead atoms. The standard InChI is InChI=1S/C18H20N2/c1-2-6-18-15(4-1)5-3-9-20(18)13-14-7-8-16-11-19-12-17(16)10-14/h1-2,4,6-8,10,19H,3,5,9,11-13H2. The number of hydrogen-bond acceptors (Lipinski definition) is 2. The molecule has 1 N–H and O–H groups in total. The molecular weight excluding hydrogens is 244 g/mol. The lowest BCUT2D eigenvalue weighted by molar-refractivity contribution is 0.691. The fourth-order valence-corrected chi connectivity index (χ4v) is 3.44. The van der Waals surface area contributed by atoms with Gasteiger partial charge in [-0.05, 0) is 41.2 Å². The van der Waals surface area contributed by atoms with Gasteiger partial charge < -0.3 is 10.2 Å². The number of benzene rings is 2. The number of anilines is 1. The molecule has 2 heterocycles. The quantitative estimate of drug-likeness (QED) is 0.896. The van der Waals surface area contributed by atoms with Crippen molar-refractivity contribution in [3.8, 4) is 0 Å². The number of nitrogens with one attached hydrogen (secondary N) is 1. The number of nitrogens with zero attached hydrogens (tertiary/aromatic N) is 1. The predicted molar refractivity (Wildman–Crippen MR) is 82.8 cm³/mol. The number of fused-ring (bicyclic) bond motifs is 2. The van der Waals surface area contributed by atoms with Gasteiger partial charge >= 0.3 is 0 Å². The van der Waals surface area contributed by atoms with Gasteiger partial charge in [-0.3, -0.25) is 0 Å². The maximum absolute atomic E-state index is 3.42. The van der Waals surface area contributed by atoms with Crippen molar-refractivity contribution < 1.29 is 0 Å².